The Morgan fingerprint density at radius 2 is 1.87 bits per heavy atom. The van der Waals surface area contributed by atoms with Crippen molar-refractivity contribution in [1.82, 2.24) is 4.90 Å². The predicted octanol–water partition coefficient (Wildman–Crippen LogP) is 5.57. The van der Waals surface area contributed by atoms with Crippen molar-refractivity contribution >= 4 is 39.0 Å². The van der Waals surface area contributed by atoms with E-state index in [1.54, 1.807) is 23.5 Å². The highest BCUT2D eigenvalue weighted by Crippen LogP contribution is 2.28. The molecule has 0 unspecified atom stereocenters. The van der Waals surface area contributed by atoms with Crippen LogP contribution in [0, 0.1) is 11.7 Å². The number of nitrogens with one attached hydrogen (secondary N) is 1. The van der Waals surface area contributed by atoms with Crippen molar-refractivity contribution in [3.63, 3.8) is 0 Å². The van der Waals surface area contributed by atoms with Gasteiger partial charge in [0, 0.05) is 18.0 Å². The molecule has 0 spiro atoms. The maximum Gasteiger partial charge on any atom is 0.411 e. The van der Waals surface area contributed by atoms with Crippen LogP contribution in [-0.2, 0) is 4.74 Å². The minimum Gasteiger partial charge on any atom is -0.449 e. The van der Waals surface area contributed by atoms with E-state index < -0.39 is 6.09 Å². The lowest BCUT2D eigenvalue weighted by Gasteiger charge is -2.31. The number of ether oxygens (including phenoxy) is 1. The number of amides is 1. The zero-order valence-electron chi connectivity index (χ0n) is 17.2. The number of rotatable bonds is 7. The third-order valence-corrected chi connectivity index (χ3v) is 6.62. The Balaban J connectivity index is 1.15. The lowest BCUT2D eigenvalue weighted by Crippen LogP contribution is -2.37. The number of ketones is 1. The molecule has 3 aromatic rings. The summed E-state index contributed by atoms with van der Waals surface area (Å²) in [7, 11) is 0. The Hall–Kier alpha value is -2.77. The molecule has 1 saturated heterocycles. The largest absolute Gasteiger partial charge is 0.449 e. The number of anilines is 1. The van der Waals surface area contributed by atoms with Crippen LogP contribution in [0.3, 0.4) is 0 Å². The number of carbonyl (C=O) groups excluding carboxylic acids is 2. The Labute approximate surface area is 184 Å². The van der Waals surface area contributed by atoms with Gasteiger partial charge in [-0.3, -0.25) is 10.1 Å². The molecular formula is C24H25FN2O3S. The molecule has 1 aromatic heterocycles. The molecule has 5 nitrogen and oxygen atoms in total. The van der Waals surface area contributed by atoms with Gasteiger partial charge < -0.3 is 9.64 Å². The van der Waals surface area contributed by atoms with Crippen LogP contribution in [0.2, 0.25) is 0 Å². The lowest BCUT2D eigenvalue weighted by molar-refractivity contribution is 0.0830. The van der Waals surface area contributed by atoms with E-state index in [2.05, 4.69) is 10.2 Å². The Morgan fingerprint density at radius 1 is 1.10 bits per heavy atom. The van der Waals surface area contributed by atoms with Crippen molar-refractivity contribution in [2.75, 3.05) is 31.6 Å². The highest BCUT2D eigenvalue weighted by atomic mass is 32.1. The monoisotopic (exact) mass is 440 g/mol. The first kappa shape index (κ1) is 21.5. The van der Waals surface area contributed by atoms with Gasteiger partial charge in [0.15, 0.2) is 5.78 Å². The lowest BCUT2D eigenvalue weighted by atomic mass is 9.89. The van der Waals surface area contributed by atoms with E-state index in [4.69, 9.17) is 4.74 Å². The normalized spacial score (nSPS) is 15.1. The fraction of sp³-hybridized carbons (Fsp3) is 0.333. The van der Waals surface area contributed by atoms with Crippen LogP contribution in [0.15, 0.2) is 53.9 Å². The summed E-state index contributed by atoms with van der Waals surface area (Å²) in [5.74, 6) is -0.241. The minimum absolute atomic E-state index is 0.0105. The van der Waals surface area contributed by atoms with Gasteiger partial charge in [-0.05, 0) is 79.5 Å². The van der Waals surface area contributed by atoms with E-state index in [-0.39, 0.29) is 17.5 Å². The summed E-state index contributed by atoms with van der Waals surface area (Å²) in [6.07, 6.45) is 1.89. The number of hydrogen-bond donors (Lipinski definition) is 1. The number of Topliss-reactive ketones (excluding diaryl/α,β-unsaturated/α-hetero) is 1. The number of hydrogen-bond acceptors (Lipinski definition) is 5. The van der Waals surface area contributed by atoms with Crippen molar-refractivity contribution in [3.8, 4) is 0 Å². The Bertz CT molecular complexity index is 1040. The van der Waals surface area contributed by atoms with Crippen LogP contribution >= 0.6 is 11.3 Å². The first-order valence-corrected chi connectivity index (χ1v) is 11.4. The van der Waals surface area contributed by atoms with Gasteiger partial charge in [-0.15, -0.1) is 11.3 Å². The third-order valence-electron chi connectivity index (χ3n) is 5.65. The second-order valence-corrected chi connectivity index (χ2v) is 8.66. The predicted molar refractivity (Wildman–Crippen MR) is 121 cm³/mol. The molecule has 1 amide bonds. The number of nitrogens with zero attached hydrogens (tertiary/aromatic N) is 1. The molecule has 0 bridgehead atoms. The van der Waals surface area contributed by atoms with E-state index in [9.17, 15) is 14.0 Å². The van der Waals surface area contributed by atoms with Crippen molar-refractivity contribution in [3.05, 3.63) is 65.3 Å². The second-order valence-electron chi connectivity index (χ2n) is 7.75. The molecule has 162 valence electrons. The van der Waals surface area contributed by atoms with Gasteiger partial charge in [-0.2, -0.15) is 0 Å². The van der Waals surface area contributed by atoms with Gasteiger partial charge in [0.25, 0.3) is 0 Å². The molecule has 0 atom stereocenters. The highest BCUT2D eigenvalue weighted by molar-refractivity contribution is 7.17. The molecule has 0 saturated carbocycles. The van der Waals surface area contributed by atoms with Crippen LogP contribution in [-0.4, -0.2) is 43.0 Å². The Kier molecular flexibility index (Phi) is 6.94. The van der Waals surface area contributed by atoms with Crippen molar-refractivity contribution < 1.29 is 18.7 Å². The van der Waals surface area contributed by atoms with E-state index in [1.165, 1.54) is 12.1 Å². The summed E-state index contributed by atoms with van der Waals surface area (Å²) in [4.78, 5) is 27.0. The standard InChI is InChI=1S/C24H25FN2O3S/c25-20-7-5-17(6-8-20)22(28)18-9-13-27(14-10-18)12-2-15-30-24(29)26-21-4-1-3-19-11-16-31-23(19)21/h1,3-8,11,16,18H,2,9-10,12-15H2,(H,26,29). The molecule has 0 aliphatic carbocycles. The molecule has 2 heterocycles. The summed E-state index contributed by atoms with van der Waals surface area (Å²) < 4.78 is 19.4. The van der Waals surface area contributed by atoms with Gasteiger partial charge in [0.2, 0.25) is 0 Å². The van der Waals surface area contributed by atoms with Crippen LogP contribution in [0.1, 0.15) is 29.6 Å². The molecule has 7 heteroatoms. The summed E-state index contributed by atoms with van der Waals surface area (Å²) in [5, 5.41) is 5.92. The number of benzene rings is 2. The molecule has 2 aromatic carbocycles. The second kappa shape index (κ2) is 10.0. The van der Waals surface area contributed by atoms with E-state index in [1.807, 2.05) is 29.6 Å². The van der Waals surface area contributed by atoms with Gasteiger partial charge >= 0.3 is 6.09 Å². The number of likely N-dealkylation sites (tertiary alicyclic amines) is 1. The number of piperidine rings is 1. The molecule has 1 aliphatic rings. The maximum atomic E-state index is 13.0. The van der Waals surface area contributed by atoms with Gasteiger partial charge in [-0.25, -0.2) is 9.18 Å². The molecular weight excluding hydrogens is 415 g/mol. The summed E-state index contributed by atoms with van der Waals surface area (Å²) >= 11 is 1.59. The smallest absolute Gasteiger partial charge is 0.411 e. The van der Waals surface area contributed by atoms with Crippen LogP contribution in [0.25, 0.3) is 10.1 Å². The zero-order chi connectivity index (χ0) is 21.6. The molecule has 1 aliphatic heterocycles. The summed E-state index contributed by atoms with van der Waals surface area (Å²) in [6.45, 7) is 2.85. The molecule has 1 fully saturated rings. The fourth-order valence-electron chi connectivity index (χ4n) is 3.96. The van der Waals surface area contributed by atoms with Crippen molar-refractivity contribution in [1.29, 1.82) is 0 Å². The summed E-state index contributed by atoms with van der Waals surface area (Å²) in [6, 6.07) is 13.6. The molecule has 31 heavy (non-hydrogen) atoms. The topological polar surface area (TPSA) is 58.6 Å². The van der Waals surface area contributed by atoms with Crippen molar-refractivity contribution in [2.24, 2.45) is 5.92 Å². The summed E-state index contributed by atoms with van der Waals surface area (Å²) in [5.41, 5.74) is 1.35. The quantitative estimate of drug-likeness (QED) is 0.385. The molecule has 1 N–H and O–H groups in total. The minimum atomic E-state index is -0.440. The third kappa shape index (κ3) is 5.48. The molecule has 4 rings (SSSR count). The zero-order valence-corrected chi connectivity index (χ0v) is 18.0. The first-order chi connectivity index (χ1) is 15.1. The van der Waals surface area contributed by atoms with Crippen LogP contribution < -0.4 is 5.32 Å². The maximum absolute atomic E-state index is 13.0. The molecule has 0 radical (unpaired) electrons. The number of halogens is 1. The first-order valence-electron chi connectivity index (χ1n) is 10.5. The van der Waals surface area contributed by atoms with E-state index >= 15 is 0 Å². The fourth-order valence-corrected chi connectivity index (χ4v) is 4.83. The van der Waals surface area contributed by atoms with Crippen LogP contribution in [0.4, 0.5) is 14.9 Å². The van der Waals surface area contributed by atoms with Gasteiger partial charge in [0.05, 0.1) is 17.0 Å². The van der Waals surface area contributed by atoms with E-state index in [0.717, 1.165) is 54.7 Å². The highest BCUT2D eigenvalue weighted by Gasteiger charge is 2.25. The average Bonchev–Trinajstić information content (AvgIpc) is 3.27. The Morgan fingerprint density at radius 3 is 2.65 bits per heavy atom. The van der Waals surface area contributed by atoms with Crippen molar-refractivity contribution in [2.45, 2.75) is 19.3 Å². The number of thiophene rings is 1. The number of carbonyl (C=O) groups is 2. The van der Waals surface area contributed by atoms with Gasteiger partial charge in [0.1, 0.15) is 5.82 Å². The van der Waals surface area contributed by atoms with E-state index in [0.29, 0.717) is 12.2 Å². The average molecular weight is 441 g/mol. The van der Waals surface area contributed by atoms with Crippen LogP contribution in [0.5, 0.6) is 0 Å². The SMILES string of the molecule is O=C(Nc1cccc2ccsc12)OCCCN1CCC(C(=O)c2ccc(F)cc2)CC1. The number of fused-ring (bicyclic) bond motifs is 1. The van der Waals surface area contributed by atoms with Gasteiger partial charge in [-0.1, -0.05) is 12.1 Å².